The summed E-state index contributed by atoms with van der Waals surface area (Å²) in [5, 5.41) is 28.3. The van der Waals surface area contributed by atoms with Crippen molar-refractivity contribution in [3.05, 3.63) is 44.8 Å². The van der Waals surface area contributed by atoms with E-state index in [0.29, 0.717) is 0 Å². The van der Waals surface area contributed by atoms with Crippen molar-refractivity contribution >= 4 is 0 Å². The number of aromatic nitrogens is 2. The summed E-state index contributed by atoms with van der Waals surface area (Å²) in [7, 11) is 0. The Labute approximate surface area is 95.3 Å². The monoisotopic (exact) mass is 240 g/mol. The molecule has 0 amide bonds. The highest BCUT2D eigenvalue weighted by Gasteiger charge is 2.35. The predicted molar refractivity (Wildman–Crippen MR) is 57.5 cm³/mol. The molecule has 1 heterocycles. The Hall–Kier alpha value is -1.70. The van der Waals surface area contributed by atoms with Crippen LogP contribution < -0.4 is 11.2 Å². The SMILES string of the molecule is O=c1ccn([C@@H]2C=C(CO)[C@H](O)C2O)c(=O)[nH]1. The molecule has 4 N–H and O–H groups in total. The standard InChI is InChI=1S/C10H12N2O5/c13-4-5-3-6(9(16)8(5)15)12-2-1-7(14)11-10(12)17/h1-3,6,8-9,13,15-16H,4H2,(H,11,14,17)/t6-,8+,9?/m1/s1. The van der Waals surface area contributed by atoms with Crippen molar-refractivity contribution in [3.8, 4) is 0 Å². The molecule has 1 aliphatic rings. The fourth-order valence-electron chi connectivity index (χ4n) is 1.88. The van der Waals surface area contributed by atoms with Gasteiger partial charge in [-0.3, -0.25) is 14.3 Å². The summed E-state index contributed by atoms with van der Waals surface area (Å²) >= 11 is 0. The minimum atomic E-state index is -1.22. The molecule has 0 aromatic carbocycles. The molecule has 0 fully saturated rings. The van der Waals surface area contributed by atoms with Crippen LogP contribution >= 0.6 is 0 Å². The van der Waals surface area contributed by atoms with Gasteiger partial charge < -0.3 is 15.3 Å². The summed E-state index contributed by atoms with van der Waals surface area (Å²) in [5.74, 6) is 0. The molecule has 0 saturated carbocycles. The second kappa shape index (κ2) is 4.28. The molecule has 1 aliphatic carbocycles. The van der Waals surface area contributed by atoms with E-state index in [2.05, 4.69) is 4.98 Å². The summed E-state index contributed by atoms with van der Waals surface area (Å²) < 4.78 is 1.10. The molecule has 17 heavy (non-hydrogen) atoms. The highest BCUT2D eigenvalue weighted by atomic mass is 16.3. The van der Waals surface area contributed by atoms with Crippen LogP contribution in [-0.2, 0) is 0 Å². The largest absolute Gasteiger partial charge is 0.392 e. The van der Waals surface area contributed by atoms with Gasteiger partial charge in [0, 0.05) is 12.3 Å². The Morgan fingerprint density at radius 2 is 2.06 bits per heavy atom. The number of rotatable bonds is 2. The Morgan fingerprint density at radius 1 is 1.35 bits per heavy atom. The molecule has 0 radical (unpaired) electrons. The van der Waals surface area contributed by atoms with Gasteiger partial charge in [-0.25, -0.2) is 4.79 Å². The van der Waals surface area contributed by atoms with Gasteiger partial charge in [-0.05, 0) is 5.57 Å². The Balaban J connectivity index is 2.45. The summed E-state index contributed by atoms with van der Waals surface area (Å²) in [6, 6.07) is 0.349. The second-order valence-electron chi connectivity index (χ2n) is 3.84. The zero-order valence-corrected chi connectivity index (χ0v) is 8.78. The first kappa shape index (κ1) is 11.8. The second-order valence-corrected chi connectivity index (χ2v) is 3.84. The molecule has 7 heteroatoms. The number of aromatic amines is 1. The van der Waals surface area contributed by atoms with Crippen LogP contribution in [0.2, 0.25) is 0 Å². The molecule has 0 bridgehead atoms. The van der Waals surface area contributed by atoms with Gasteiger partial charge in [0.25, 0.3) is 5.56 Å². The van der Waals surface area contributed by atoms with Crippen molar-refractivity contribution in [2.24, 2.45) is 0 Å². The number of nitrogens with one attached hydrogen (secondary N) is 1. The van der Waals surface area contributed by atoms with Crippen LogP contribution in [-0.4, -0.2) is 43.7 Å². The van der Waals surface area contributed by atoms with Gasteiger partial charge in [0.1, 0.15) is 12.2 Å². The van der Waals surface area contributed by atoms with Crippen molar-refractivity contribution in [2.45, 2.75) is 18.2 Å². The van der Waals surface area contributed by atoms with Crippen molar-refractivity contribution in [2.75, 3.05) is 6.61 Å². The molecule has 1 aromatic heterocycles. The van der Waals surface area contributed by atoms with E-state index in [1.165, 1.54) is 12.3 Å². The number of H-pyrrole nitrogens is 1. The molecule has 7 nitrogen and oxygen atoms in total. The van der Waals surface area contributed by atoms with Crippen LogP contribution in [0.25, 0.3) is 0 Å². The van der Waals surface area contributed by atoms with E-state index in [1.54, 1.807) is 0 Å². The van der Waals surface area contributed by atoms with E-state index >= 15 is 0 Å². The predicted octanol–water partition coefficient (Wildman–Crippen LogP) is -2.27. The number of aliphatic hydroxyl groups excluding tert-OH is 3. The van der Waals surface area contributed by atoms with Crippen LogP contribution in [0.5, 0.6) is 0 Å². The zero-order chi connectivity index (χ0) is 12.6. The molecule has 0 aliphatic heterocycles. The third-order valence-corrected chi connectivity index (χ3v) is 2.79. The maximum Gasteiger partial charge on any atom is 0.328 e. The van der Waals surface area contributed by atoms with Crippen molar-refractivity contribution < 1.29 is 15.3 Å². The first-order valence-electron chi connectivity index (χ1n) is 5.03. The summed E-state index contributed by atoms with van der Waals surface area (Å²) in [6.45, 7) is -0.396. The topological polar surface area (TPSA) is 116 Å². The fraction of sp³-hybridized carbons (Fsp3) is 0.400. The summed E-state index contributed by atoms with van der Waals surface area (Å²) in [4.78, 5) is 24.4. The number of aliphatic hydroxyl groups is 3. The quantitative estimate of drug-likeness (QED) is 0.435. The average Bonchev–Trinajstić information content (AvgIpc) is 2.57. The Bertz CT molecular complexity index is 558. The Morgan fingerprint density at radius 3 is 2.59 bits per heavy atom. The van der Waals surface area contributed by atoms with E-state index in [1.807, 2.05) is 0 Å². The third kappa shape index (κ3) is 1.95. The Kier molecular flexibility index (Phi) is 2.97. The van der Waals surface area contributed by atoms with Gasteiger partial charge in [-0.15, -0.1) is 0 Å². The molecule has 3 atom stereocenters. The average molecular weight is 240 g/mol. The first-order valence-corrected chi connectivity index (χ1v) is 5.03. The van der Waals surface area contributed by atoms with Crippen LogP contribution in [0.1, 0.15) is 6.04 Å². The maximum absolute atomic E-state index is 11.5. The van der Waals surface area contributed by atoms with Crippen molar-refractivity contribution in [3.63, 3.8) is 0 Å². The lowest BCUT2D eigenvalue weighted by molar-refractivity contribution is 0.0271. The lowest BCUT2D eigenvalue weighted by atomic mass is 10.1. The smallest absolute Gasteiger partial charge is 0.328 e. The molecular formula is C10H12N2O5. The number of nitrogens with zero attached hydrogens (tertiary/aromatic N) is 1. The zero-order valence-electron chi connectivity index (χ0n) is 8.78. The normalized spacial score (nSPS) is 28.2. The molecule has 2 rings (SSSR count). The fourth-order valence-corrected chi connectivity index (χ4v) is 1.88. The molecule has 1 aromatic rings. The first-order chi connectivity index (χ1) is 8.04. The minimum Gasteiger partial charge on any atom is -0.392 e. The summed E-state index contributed by atoms with van der Waals surface area (Å²) in [6.07, 6.45) is 0.220. The highest BCUT2D eigenvalue weighted by molar-refractivity contribution is 5.23. The third-order valence-electron chi connectivity index (χ3n) is 2.79. The van der Waals surface area contributed by atoms with E-state index in [0.717, 1.165) is 10.6 Å². The lowest BCUT2D eigenvalue weighted by Crippen LogP contribution is -2.37. The highest BCUT2D eigenvalue weighted by Crippen LogP contribution is 2.27. The molecular weight excluding hydrogens is 228 g/mol. The van der Waals surface area contributed by atoms with Crippen LogP contribution in [0, 0.1) is 0 Å². The van der Waals surface area contributed by atoms with Gasteiger partial charge in [-0.1, -0.05) is 6.08 Å². The van der Waals surface area contributed by atoms with E-state index < -0.39 is 36.1 Å². The van der Waals surface area contributed by atoms with Crippen molar-refractivity contribution in [1.29, 1.82) is 0 Å². The molecule has 1 unspecified atom stereocenters. The van der Waals surface area contributed by atoms with Crippen LogP contribution in [0.3, 0.4) is 0 Å². The minimum absolute atomic E-state index is 0.251. The summed E-state index contributed by atoms with van der Waals surface area (Å²) in [5.41, 5.74) is -0.963. The van der Waals surface area contributed by atoms with Gasteiger partial charge in [0.15, 0.2) is 0 Å². The van der Waals surface area contributed by atoms with E-state index in [-0.39, 0.29) is 5.57 Å². The van der Waals surface area contributed by atoms with Crippen LogP contribution in [0.15, 0.2) is 33.5 Å². The van der Waals surface area contributed by atoms with Gasteiger partial charge >= 0.3 is 5.69 Å². The van der Waals surface area contributed by atoms with Crippen LogP contribution in [0.4, 0.5) is 0 Å². The lowest BCUT2D eigenvalue weighted by Gasteiger charge is -2.18. The van der Waals surface area contributed by atoms with E-state index in [4.69, 9.17) is 5.11 Å². The molecule has 92 valence electrons. The molecule has 0 saturated heterocycles. The van der Waals surface area contributed by atoms with Gasteiger partial charge in [-0.2, -0.15) is 0 Å². The number of hydrogen-bond donors (Lipinski definition) is 4. The number of hydrogen-bond acceptors (Lipinski definition) is 5. The van der Waals surface area contributed by atoms with Gasteiger partial charge in [0.05, 0.1) is 12.6 Å². The van der Waals surface area contributed by atoms with Gasteiger partial charge in [0.2, 0.25) is 0 Å². The van der Waals surface area contributed by atoms with Crippen molar-refractivity contribution in [1.82, 2.24) is 9.55 Å². The van der Waals surface area contributed by atoms with E-state index in [9.17, 15) is 19.8 Å². The molecule has 0 spiro atoms. The maximum atomic E-state index is 11.5.